The molecule has 0 saturated heterocycles. The summed E-state index contributed by atoms with van der Waals surface area (Å²) in [7, 11) is 0. The highest BCUT2D eigenvalue weighted by Crippen LogP contribution is 2.36. The van der Waals surface area contributed by atoms with Crippen LogP contribution in [-0.4, -0.2) is 74.5 Å². The van der Waals surface area contributed by atoms with Gasteiger partial charge in [-0.05, 0) is 27.2 Å². The summed E-state index contributed by atoms with van der Waals surface area (Å²) in [6.45, 7) is 2.74. The summed E-state index contributed by atoms with van der Waals surface area (Å²) in [4.78, 5) is 43.8. The molecule has 0 aliphatic carbocycles. The van der Waals surface area contributed by atoms with Gasteiger partial charge < -0.3 is 18.9 Å². The third kappa shape index (κ3) is 13.5. The van der Waals surface area contributed by atoms with Crippen molar-refractivity contribution in [3.63, 3.8) is 0 Å². The lowest BCUT2D eigenvalue weighted by atomic mass is 9.91. The Morgan fingerprint density at radius 1 is 0.658 bits per heavy atom. The molecule has 0 aliphatic heterocycles. The number of alkyl halides is 10. The number of carbonyl (C=O) groups is 4. The van der Waals surface area contributed by atoms with Crippen LogP contribution in [0, 0.1) is 5.41 Å². The van der Waals surface area contributed by atoms with Gasteiger partial charge in [-0.25, -0.2) is 14.4 Å². The van der Waals surface area contributed by atoms with E-state index in [0.717, 1.165) is 0 Å². The first-order valence-corrected chi connectivity index (χ1v) is 10.0. The van der Waals surface area contributed by atoms with Gasteiger partial charge in [0.25, 0.3) is 0 Å². The molecule has 8 nitrogen and oxygen atoms in total. The van der Waals surface area contributed by atoms with Gasteiger partial charge >= 0.3 is 48.1 Å². The lowest BCUT2D eigenvalue weighted by Crippen LogP contribution is -2.41. The fraction of sp³-hybridized carbons (Fsp3) is 0.700. The first-order valence-electron chi connectivity index (χ1n) is 10.0. The van der Waals surface area contributed by atoms with E-state index in [1.54, 1.807) is 6.92 Å². The molecule has 0 aromatic rings. The molecular formula is C20H24F10O8. The Hall–Kier alpha value is -3.08. The normalized spacial score (nSPS) is 12.5. The topological polar surface area (TPSA) is 105 Å². The second kappa shape index (κ2) is 14.2. The molecular weight excluding hydrogens is 558 g/mol. The van der Waals surface area contributed by atoms with Crippen molar-refractivity contribution in [1.82, 2.24) is 0 Å². The predicted octanol–water partition coefficient (Wildman–Crippen LogP) is 4.55. The number of carbonyl (C=O) groups excluding carboxylic acids is 4. The minimum atomic E-state index is -5.82. The van der Waals surface area contributed by atoms with E-state index in [2.05, 4.69) is 25.5 Å². The summed E-state index contributed by atoms with van der Waals surface area (Å²) in [5.41, 5.74) is -0.959. The van der Waals surface area contributed by atoms with E-state index in [9.17, 15) is 63.1 Å². The van der Waals surface area contributed by atoms with E-state index in [-0.39, 0.29) is 5.57 Å². The molecule has 0 aromatic heterocycles. The minimum Gasteiger partial charge on any atom is -0.456 e. The average Bonchev–Trinajstić information content (AvgIpc) is 2.76. The van der Waals surface area contributed by atoms with E-state index in [1.807, 2.05) is 0 Å². The highest BCUT2D eigenvalue weighted by atomic mass is 19.4. The van der Waals surface area contributed by atoms with Crippen molar-refractivity contribution in [2.45, 2.75) is 58.3 Å². The van der Waals surface area contributed by atoms with Gasteiger partial charge in [0.05, 0.1) is 5.41 Å². The SMILES string of the molecule is C=C(C)C(=O)OCC(=O)OCC(F)(F)C(F)(F)F.CCC(C)(C)C(=O)OCC(=O)OCC(F)(F)C(F)(F)F. The van der Waals surface area contributed by atoms with Crippen LogP contribution in [0.4, 0.5) is 43.9 Å². The molecule has 0 saturated carbocycles. The summed E-state index contributed by atoms with van der Waals surface area (Å²) in [6, 6.07) is 0. The molecule has 0 heterocycles. The van der Waals surface area contributed by atoms with Crippen LogP contribution >= 0.6 is 0 Å². The monoisotopic (exact) mass is 582 g/mol. The van der Waals surface area contributed by atoms with E-state index < -0.39 is 79.9 Å². The van der Waals surface area contributed by atoms with E-state index in [4.69, 9.17) is 0 Å². The van der Waals surface area contributed by atoms with Crippen molar-refractivity contribution in [3.8, 4) is 0 Å². The first-order chi connectivity index (χ1) is 16.8. The maximum Gasteiger partial charge on any atom is 0.456 e. The zero-order chi connectivity index (χ0) is 30.8. The second-order valence-corrected chi connectivity index (χ2v) is 7.90. The molecule has 0 bridgehead atoms. The van der Waals surface area contributed by atoms with Gasteiger partial charge in [-0.2, -0.15) is 43.9 Å². The van der Waals surface area contributed by atoms with Crippen molar-refractivity contribution in [2.75, 3.05) is 26.4 Å². The molecule has 0 aliphatic rings. The molecule has 222 valence electrons. The van der Waals surface area contributed by atoms with Crippen LogP contribution in [0.25, 0.3) is 0 Å². The summed E-state index contributed by atoms with van der Waals surface area (Å²) in [5, 5.41) is 0. The fourth-order valence-electron chi connectivity index (χ4n) is 1.30. The van der Waals surface area contributed by atoms with Gasteiger partial charge in [0.15, 0.2) is 26.4 Å². The number of esters is 4. The number of rotatable bonds is 11. The number of halogens is 10. The molecule has 0 radical (unpaired) electrons. The highest BCUT2D eigenvalue weighted by molar-refractivity contribution is 5.88. The first kappa shape index (κ1) is 37.1. The number of hydrogen-bond donors (Lipinski definition) is 0. The van der Waals surface area contributed by atoms with Crippen LogP contribution in [0.1, 0.15) is 34.1 Å². The Balaban J connectivity index is 0. The van der Waals surface area contributed by atoms with Crippen molar-refractivity contribution < 1.29 is 82.0 Å². The maximum absolute atomic E-state index is 12.4. The summed E-state index contributed by atoms with van der Waals surface area (Å²) in [6.07, 6.45) is -11.2. The Bertz CT molecular complexity index is 848. The largest absolute Gasteiger partial charge is 0.456 e. The molecule has 0 spiro atoms. The molecule has 0 amide bonds. The molecule has 0 atom stereocenters. The molecule has 0 N–H and O–H groups in total. The highest BCUT2D eigenvalue weighted by Gasteiger charge is 2.59. The van der Waals surface area contributed by atoms with Gasteiger partial charge in [-0.1, -0.05) is 13.5 Å². The van der Waals surface area contributed by atoms with Gasteiger partial charge in [-0.15, -0.1) is 0 Å². The van der Waals surface area contributed by atoms with Crippen molar-refractivity contribution in [2.24, 2.45) is 5.41 Å². The summed E-state index contributed by atoms with van der Waals surface area (Å²) < 4.78 is 136. The predicted molar refractivity (Wildman–Crippen MR) is 105 cm³/mol. The van der Waals surface area contributed by atoms with Gasteiger partial charge in [-0.3, -0.25) is 4.79 Å². The second-order valence-electron chi connectivity index (χ2n) is 7.90. The number of hydrogen-bond acceptors (Lipinski definition) is 8. The van der Waals surface area contributed by atoms with Crippen LogP contribution in [0.3, 0.4) is 0 Å². The molecule has 0 unspecified atom stereocenters. The average molecular weight is 582 g/mol. The third-order valence-electron chi connectivity index (χ3n) is 4.09. The van der Waals surface area contributed by atoms with Crippen LogP contribution in [-0.2, 0) is 38.1 Å². The van der Waals surface area contributed by atoms with Gasteiger partial charge in [0.1, 0.15) is 0 Å². The quantitative estimate of drug-likeness (QED) is 0.151. The van der Waals surface area contributed by atoms with Crippen LogP contribution in [0.2, 0.25) is 0 Å². The van der Waals surface area contributed by atoms with E-state index in [1.165, 1.54) is 20.8 Å². The Morgan fingerprint density at radius 2 is 1.00 bits per heavy atom. The van der Waals surface area contributed by atoms with Gasteiger partial charge in [0.2, 0.25) is 0 Å². The minimum absolute atomic E-state index is 0.0663. The maximum atomic E-state index is 12.4. The smallest absolute Gasteiger partial charge is 0.456 e. The lowest BCUT2D eigenvalue weighted by molar-refractivity contribution is -0.294. The fourth-order valence-corrected chi connectivity index (χ4v) is 1.30. The summed E-state index contributed by atoms with van der Waals surface area (Å²) >= 11 is 0. The molecule has 0 fully saturated rings. The Labute approximate surface area is 209 Å². The standard InChI is InChI=1S/C11H15F5O4.C9H9F5O4/c1-4-9(2,3)8(18)19-5-7(17)20-6-10(12,13)11(14,15)16;1-5(2)7(16)17-3-6(15)18-4-8(10,11)9(12,13)14/h4-6H2,1-3H3;1,3-4H2,2H3. The number of ether oxygens (including phenoxy) is 4. The zero-order valence-corrected chi connectivity index (χ0v) is 20.3. The van der Waals surface area contributed by atoms with E-state index >= 15 is 0 Å². The molecule has 18 heteroatoms. The Morgan fingerprint density at radius 3 is 1.29 bits per heavy atom. The lowest BCUT2D eigenvalue weighted by Gasteiger charge is -2.21. The van der Waals surface area contributed by atoms with Crippen LogP contribution < -0.4 is 0 Å². The van der Waals surface area contributed by atoms with Crippen molar-refractivity contribution in [1.29, 1.82) is 0 Å². The molecule has 0 rings (SSSR count). The zero-order valence-electron chi connectivity index (χ0n) is 20.3. The third-order valence-corrected chi connectivity index (χ3v) is 4.09. The van der Waals surface area contributed by atoms with Crippen molar-refractivity contribution in [3.05, 3.63) is 12.2 Å². The summed E-state index contributed by atoms with van der Waals surface area (Å²) in [5.74, 6) is -15.1. The van der Waals surface area contributed by atoms with Crippen LogP contribution in [0.15, 0.2) is 12.2 Å². The van der Waals surface area contributed by atoms with Crippen molar-refractivity contribution >= 4 is 23.9 Å². The van der Waals surface area contributed by atoms with E-state index in [0.29, 0.717) is 6.42 Å². The molecule has 38 heavy (non-hydrogen) atoms. The Kier molecular flexibility index (Phi) is 13.8. The van der Waals surface area contributed by atoms with Crippen LogP contribution in [0.5, 0.6) is 0 Å². The molecule has 0 aromatic carbocycles. The van der Waals surface area contributed by atoms with Gasteiger partial charge in [0, 0.05) is 5.57 Å².